The van der Waals surface area contributed by atoms with E-state index in [2.05, 4.69) is 31.4 Å². The quantitative estimate of drug-likeness (QED) is 0.919. The molecule has 0 amide bonds. The molecule has 1 N–H and O–H groups in total. The van der Waals surface area contributed by atoms with Gasteiger partial charge in [0.15, 0.2) is 0 Å². The van der Waals surface area contributed by atoms with Crippen LogP contribution in [-0.2, 0) is 0 Å². The number of halogens is 2. The van der Waals surface area contributed by atoms with E-state index in [-0.39, 0.29) is 5.82 Å². The van der Waals surface area contributed by atoms with E-state index in [1.165, 1.54) is 6.07 Å². The SMILES string of the molecule is CNc1ccc(-c2ccc(F)c(Br)c2)nn1. The maximum atomic E-state index is 13.0. The van der Waals surface area contributed by atoms with Gasteiger partial charge in [0.1, 0.15) is 11.6 Å². The third-order valence-corrected chi connectivity index (χ3v) is 2.74. The molecule has 82 valence electrons. The highest BCUT2D eigenvalue weighted by Crippen LogP contribution is 2.23. The zero-order valence-electron chi connectivity index (χ0n) is 8.54. The Hall–Kier alpha value is -1.49. The van der Waals surface area contributed by atoms with Crippen LogP contribution in [0.25, 0.3) is 11.3 Å². The molecule has 1 aromatic heterocycles. The standard InChI is InChI=1S/C11H9BrFN3/c1-14-11-5-4-10(15-16-11)7-2-3-9(13)8(12)6-7/h2-6H,1H3,(H,14,16). The Kier molecular flexibility index (Phi) is 3.14. The summed E-state index contributed by atoms with van der Waals surface area (Å²) in [7, 11) is 1.78. The summed E-state index contributed by atoms with van der Waals surface area (Å²) in [4.78, 5) is 0. The molecule has 16 heavy (non-hydrogen) atoms. The molecule has 0 aliphatic rings. The molecule has 3 nitrogen and oxygen atoms in total. The zero-order chi connectivity index (χ0) is 11.5. The minimum absolute atomic E-state index is 0.288. The highest BCUT2D eigenvalue weighted by Gasteiger charge is 2.04. The molecule has 0 unspecified atom stereocenters. The molecule has 0 radical (unpaired) electrons. The van der Waals surface area contributed by atoms with Gasteiger partial charge in [-0.1, -0.05) is 0 Å². The minimum atomic E-state index is -0.288. The van der Waals surface area contributed by atoms with Crippen molar-refractivity contribution in [3.05, 3.63) is 40.6 Å². The first-order valence-corrected chi connectivity index (χ1v) is 5.47. The van der Waals surface area contributed by atoms with Gasteiger partial charge in [0.25, 0.3) is 0 Å². The van der Waals surface area contributed by atoms with E-state index in [4.69, 9.17) is 0 Å². The first-order valence-electron chi connectivity index (χ1n) is 4.67. The van der Waals surface area contributed by atoms with Gasteiger partial charge in [-0.15, -0.1) is 10.2 Å². The molecule has 0 aliphatic carbocycles. The summed E-state index contributed by atoms with van der Waals surface area (Å²) in [5, 5.41) is 10.9. The first kappa shape index (κ1) is 11.0. The fourth-order valence-corrected chi connectivity index (χ4v) is 1.65. The molecule has 0 spiro atoms. The smallest absolute Gasteiger partial charge is 0.148 e. The van der Waals surface area contributed by atoms with E-state index in [1.54, 1.807) is 19.2 Å². The van der Waals surface area contributed by atoms with Crippen molar-refractivity contribution in [2.75, 3.05) is 12.4 Å². The lowest BCUT2D eigenvalue weighted by atomic mass is 10.1. The molecule has 0 saturated heterocycles. The van der Waals surface area contributed by atoms with Crippen LogP contribution >= 0.6 is 15.9 Å². The molecule has 1 heterocycles. The van der Waals surface area contributed by atoms with Crippen LogP contribution in [0.15, 0.2) is 34.8 Å². The van der Waals surface area contributed by atoms with Gasteiger partial charge in [0, 0.05) is 12.6 Å². The molecule has 0 aliphatic heterocycles. The van der Waals surface area contributed by atoms with Gasteiger partial charge in [0.05, 0.1) is 10.2 Å². The Balaban J connectivity index is 2.38. The van der Waals surface area contributed by atoms with E-state index >= 15 is 0 Å². The Morgan fingerprint density at radius 3 is 2.56 bits per heavy atom. The van der Waals surface area contributed by atoms with E-state index in [0.29, 0.717) is 16.0 Å². The molecule has 2 aromatic rings. The van der Waals surface area contributed by atoms with Crippen molar-refractivity contribution in [1.82, 2.24) is 10.2 Å². The summed E-state index contributed by atoms with van der Waals surface area (Å²) in [6.07, 6.45) is 0. The van der Waals surface area contributed by atoms with Crippen LogP contribution in [-0.4, -0.2) is 17.2 Å². The Morgan fingerprint density at radius 2 is 2.00 bits per heavy atom. The lowest BCUT2D eigenvalue weighted by Gasteiger charge is -2.02. The number of hydrogen-bond donors (Lipinski definition) is 1. The van der Waals surface area contributed by atoms with Crippen LogP contribution in [0.1, 0.15) is 0 Å². The highest BCUT2D eigenvalue weighted by molar-refractivity contribution is 9.10. The van der Waals surface area contributed by atoms with Gasteiger partial charge in [0.2, 0.25) is 0 Å². The van der Waals surface area contributed by atoms with Crippen LogP contribution in [0.4, 0.5) is 10.2 Å². The summed E-state index contributed by atoms with van der Waals surface area (Å²) in [5.41, 5.74) is 1.53. The van der Waals surface area contributed by atoms with Gasteiger partial charge in [-0.2, -0.15) is 0 Å². The van der Waals surface area contributed by atoms with Crippen molar-refractivity contribution in [3.8, 4) is 11.3 Å². The Bertz CT molecular complexity index is 499. The molecular weight excluding hydrogens is 273 g/mol. The molecule has 0 saturated carbocycles. The fourth-order valence-electron chi connectivity index (χ4n) is 1.28. The number of rotatable bonds is 2. The third-order valence-electron chi connectivity index (χ3n) is 2.14. The van der Waals surface area contributed by atoms with E-state index in [1.807, 2.05) is 12.1 Å². The van der Waals surface area contributed by atoms with Gasteiger partial charge >= 0.3 is 0 Å². The lowest BCUT2D eigenvalue weighted by molar-refractivity contribution is 0.621. The van der Waals surface area contributed by atoms with Gasteiger partial charge in [-0.25, -0.2) is 4.39 Å². The van der Waals surface area contributed by atoms with Crippen molar-refractivity contribution in [2.24, 2.45) is 0 Å². The number of nitrogens with one attached hydrogen (secondary N) is 1. The van der Waals surface area contributed by atoms with E-state index < -0.39 is 0 Å². The van der Waals surface area contributed by atoms with Crippen molar-refractivity contribution >= 4 is 21.7 Å². The maximum Gasteiger partial charge on any atom is 0.148 e. The normalized spacial score (nSPS) is 10.2. The van der Waals surface area contributed by atoms with Gasteiger partial charge in [-0.05, 0) is 46.3 Å². The summed E-state index contributed by atoms with van der Waals surface area (Å²) in [6, 6.07) is 8.40. The number of aromatic nitrogens is 2. The summed E-state index contributed by atoms with van der Waals surface area (Å²) in [5.74, 6) is 0.411. The van der Waals surface area contributed by atoms with Crippen LogP contribution in [0.3, 0.4) is 0 Å². The lowest BCUT2D eigenvalue weighted by Crippen LogP contribution is -1.95. The van der Waals surface area contributed by atoms with Crippen molar-refractivity contribution < 1.29 is 4.39 Å². The van der Waals surface area contributed by atoms with Gasteiger partial charge in [-0.3, -0.25) is 0 Å². The average molecular weight is 282 g/mol. The Labute approximate surface area is 101 Å². The van der Waals surface area contributed by atoms with E-state index in [9.17, 15) is 4.39 Å². The van der Waals surface area contributed by atoms with Crippen molar-refractivity contribution in [2.45, 2.75) is 0 Å². The second kappa shape index (κ2) is 4.57. The van der Waals surface area contributed by atoms with Crippen LogP contribution in [0.5, 0.6) is 0 Å². The number of nitrogens with zero attached hydrogens (tertiary/aromatic N) is 2. The Morgan fingerprint density at radius 1 is 1.19 bits per heavy atom. The largest absolute Gasteiger partial charge is 0.372 e. The number of anilines is 1. The zero-order valence-corrected chi connectivity index (χ0v) is 10.1. The molecule has 0 fully saturated rings. The molecule has 1 aromatic carbocycles. The highest BCUT2D eigenvalue weighted by atomic mass is 79.9. The monoisotopic (exact) mass is 281 g/mol. The van der Waals surface area contributed by atoms with Crippen molar-refractivity contribution in [1.29, 1.82) is 0 Å². The van der Waals surface area contributed by atoms with Crippen molar-refractivity contribution in [3.63, 3.8) is 0 Å². The molecular formula is C11H9BrFN3. The molecule has 0 atom stereocenters. The average Bonchev–Trinajstić information content (AvgIpc) is 2.33. The molecule has 2 rings (SSSR count). The summed E-state index contributed by atoms with van der Waals surface area (Å²) in [6.45, 7) is 0. The molecule has 0 bridgehead atoms. The van der Waals surface area contributed by atoms with Gasteiger partial charge < -0.3 is 5.32 Å². The summed E-state index contributed by atoms with van der Waals surface area (Å²) >= 11 is 3.14. The first-order chi connectivity index (χ1) is 7.70. The minimum Gasteiger partial charge on any atom is -0.372 e. The second-order valence-corrected chi connectivity index (χ2v) is 4.04. The second-order valence-electron chi connectivity index (χ2n) is 3.18. The van der Waals surface area contributed by atoms with Crippen LogP contribution in [0, 0.1) is 5.82 Å². The topological polar surface area (TPSA) is 37.8 Å². The third kappa shape index (κ3) is 2.19. The number of hydrogen-bond acceptors (Lipinski definition) is 3. The number of benzene rings is 1. The van der Waals surface area contributed by atoms with Crippen LogP contribution < -0.4 is 5.32 Å². The van der Waals surface area contributed by atoms with Crippen LogP contribution in [0.2, 0.25) is 0 Å². The summed E-state index contributed by atoms with van der Waals surface area (Å²) < 4.78 is 13.5. The maximum absolute atomic E-state index is 13.0. The van der Waals surface area contributed by atoms with E-state index in [0.717, 1.165) is 5.56 Å². The predicted octanol–water partition coefficient (Wildman–Crippen LogP) is 3.09. The molecule has 5 heteroatoms. The predicted molar refractivity (Wildman–Crippen MR) is 64.7 cm³/mol. The fraction of sp³-hybridized carbons (Fsp3) is 0.0909.